The first kappa shape index (κ1) is 14.6. The van der Waals surface area contributed by atoms with E-state index in [1.807, 2.05) is 18.2 Å². The molecule has 0 radical (unpaired) electrons. The van der Waals surface area contributed by atoms with Crippen molar-refractivity contribution in [3.63, 3.8) is 0 Å². The van der Waals surface area contributed by atoms with E-state index in [9.17, 15) is 0 Å². The summed E-state index contributed by atoms with van der Waals surface area (Å²) in [4.78, 5) is 11.2. The zero-order chi connectivity index (χ0) is 14.8. The minimum absolute atomic E-state index is 0.291. The molecule has 0 spiro atoms. The number of nitrogens with two attached hydrogens (primary N) is 1. The number of hydrogen-bond acceptors (Lipinski definition) is 4. The van der Waals surface area contributed by atoms with Crippen molar-refractivity contribution >= 4 is 29.2 Å². The van der Waals surface area contributed by atoms with E-state index in [0.29, 0.717) is 16.1 Å². The summed E-state index contributed by atoms with van der Waals surface area (Å²) in [5, 5.41) is 1.07. The quantitative estimate of drug-likeness (QED) is 0.920. The number of piperidine rings is 1. The molecule has 0 aliphatic carbocycles. The van der Waals surface area contributed by atoms with Crippen molar-refractivity contribution in [2.75, 3.05) is 18.0 Å². The van der Waals surface area contributed by atoms with Crippen molar-refractivity contribution in [1.29, 1.82) is 0 Å². The second-order valence-corrected chi connectivity index (χ2v) is 6.01. The minimum Gasteiger partial charge on any atom is -0.341 e. The number of halogens is 2. The fourth-order valence-electron chi connectivity index (χ4n) is 2.42. The largest absolute Gasteiger partial charge is 0.341 e. The zero-order valence-corrected chi connectivity index (χ0v) is 13.0. The molecule has 0 saturated carbocycles. The molecular formula is C15H16Cl2N4. The SMILES string of the molecule is NC1CCN(c2nccc(-c3ccc(Cl)c(Cl)c3)n2)CC1. The molecule has 1 aromatic heterocycles. The Morgan fingerprint density at radius 1 is 1.10 bits per heavy atom. The molecule has 1 aliphatic rings. The van der Waals surface area contributed by atoms with Gasteiger partial charge in [-0.1, -0.05) is 29.3 Å². The predicted octanol–water partition coefficient (Wildman–Crippen LogP) is 3.38. The Balaban J connectivity index is 1.87. The molecule has 1 fully saturated rings. The van der Waals surface area contributed by atoms with Gasteiger partial charge in [0.05, 0.1) is 15.7 Å². The molecule has 21 heavy (non-hydrogen) atoms. The molecule has 0 amide bonds. The average Bonchev–Trinajstić information content (AvgIpc) is 2.51. The molecule has 4 nitrogen and oxygen atoms in total. The Labute approximate surface area is 133 Å². The van der Waals surface area contributed by atoms with E-state index >= 15 is 0 Å². The van der Waals surface area contributed by atoms with Crippen molar-refractivity contribution in [3.8, 4) is 11.3 Å². The highest BCUT2D eigenvalue weighted by molar-refractivity contribution is 6.42. The lowest BCUT2D eigenvalue weighted by atomic mass is 10.1. The Morgan fingerprint density at radius 3 is 2.57 bits per heavy atom. The van der Waals surface area contributed by atoms with Crippen LogP contribution in [0.2, 0.25) is 10.0 Å². The highest BCUT2D eigenvalue weighted by atomic mass is 35.5. The van der Waals surface area contributed by atoms with E-state index < -0.39 is 0 Å². The van der Waals surface area contributed by atoms with Crippen LogP contribution in [0, 0.1) is 0 Å². The molecule has 0 bridgehead atoms. The van der Waals surface area contributed by atoms with Crippen LogP contribution in [0.5, 0.6) is 0 Å². The first-order valence-corrected chi connectivity index (χ1v) is 7.68. The molecule has 110 valence electrons. The smallest absolute Gasteiger partial charge is 0.225 e. The molecule has 1 aliphatic heterocycles. The van der Waals surface area contributed by atoms with Gasteiger partial charge in [-0.15, -0.1) is 0 Å². The molecule has 3 rings (SSSR count). The van der Waals surface area contributed by atoms with Crippen molar-refractivity contribution in [2.45, 2.75) is 18.9 Å². The van der Waals surface area contributed by atoms with Crippen molar-refractivity contribution < 1.29 is 0 Å². The van der Waals surface area contributed by atoms with Crippen LogP contribution < -0.4 is 10.6 Å². The van der Waals surface area contributed by atoms with Gasteiger partial charge in [0, 0.05) is 30.9 Å². The zero-order valence-electron chi connectivity index (χ0n) is 11.5. The van der Waals surface area contributed by atoms with Crippen LogP contribution in [0.4, 0.5) is 5.95 Å². The lowest BCUT2D eigenvalue weighted by molar-refractivity contribution is 0.495. The maximum absolute atomic E-state index is 6.07. The number of anilines is 1. The summed E-state index contributed by atoms with van der Waals surface area (Å²) in [6.45, 7) is 1.79. The van der Waals surface area contributed by atoms with Gasteiger partial charge in [0.1, 0.15) is 0 Å². The second-order valence-electron chi connectivity index (χ2n) is 5.20. The highest BCUT2D eigenvalue weighted by Gasteiger charge is 2.18. The van der Waals surface area contributed by atoms with Crippen LogP contribution in [-0.4, -0.2) is 29.1 Å². The molecule has 1 aromatic carbocycles. The number of nitrogens with zero attached hydrogens (tertiary/aromatic N) is 3. The summed E-state index contributed by atoms with van der Waals surface area (Å²) in [5.74, 6) is 0.741. The Hall–Kier alpha value is -1.36. The molecule has 2 aromatic rings. The molecular weight excluding hydrogens is 307 g/mol. The summed E-state index contributed by atoms with van der Waals surface area (Å²) in [6.07, 6.45) is 3.72. The fourth-order valence-corrected chi connectivity index (χ4v) is 2.71. The van der Waals surface area contributed by atoms with Gasteiger partial charge in [0.25, 0.3) is 0 Å². The Morgan fingerprint density at radius 2 is 1.86 bits per heavy atom. The van der Waals surface area contributed by atoms with E-state index in [2.05, 4.69) is 14.9 Å². The molecule has 1 saturated heterocycles. The predicted molar refractivity (Wildman–Crippen MR) is 86.9 cm³/mol. The first-order valence-electron chi connectivity index (χ1n) is 6.92. The molecule has 6 heteroatoms. The summed E-state index contributed by atoms with van der Waals surface area (Å²) in [5.41, 5.74) is 7.71. The Kier molecular flexibility index (Phi) is 4.29. The summed E-state index contributed by atoms with van der Waals surface area (Å²) in [7, 11) is 0. The van der Waals surface area contributed by atoms with Gasteiger partial charge in [-0.2, -0.15) is 0 Å². The van der Waals surface area contributed by atoms with Gasteiger partial charge < -0.3 is 10.6 Å². The molecule has 2 N–H and O–H groups in total. The standard InChI is InChI=1S/C15H16Cl2N4/c16-12-2-1-10(9-13(12)17)14-3-6-19-15(20-14)21-7-4-11(18)5-8-21/h1-3,6,9,11H,4-5,7-8,18H2. The summed E-state index contributed by atoms with van der Waals surface area (Å²) in [6, 6.07) is 7.67. The molecule has 0 atom stereocenters. The third-order valence-corrected chi connectivity index (χ3v) is 4.42. The number of benzene rings is 1. The summed E-state index contributed by atoms with van der Waals surface area (Å²) < 4.78 is 0. The van der Waals surface area contributed by atoms with Crippen LogP contribution in [0.1, 0.15) is 12.8 Å². The molecule has 0 unspecified atom stereocenters. The lowest BCUT2D eigenvalue weighted by Gasteiger charge is -2.30. The summed E-state index contributed by atoms with van der Waals surface area (Å²) >= 11 is 12.0. The minimum atomic E-state index is 0.291. The lowest BCUT2D eigenvalue weighted by Crippen LogP contribution is -2.40. The van der Waals surface area contributed by atoms with Crippen molar-refractivity contribution in [3.05, 3.63) is 40.5 Å². The van der Waals surface area contributed by atoms with Crippen LogP contribution in [0.25, 0.3) is 11.3 Å². The van der Waals surface area contributed by atoms with E-state index in [4.69, 9.17) is 28.9 Å². The number of rotatable bonds is 2. The maximum Gasteiger partial charge on any atom is 0.225 e. The van der Waals surface area contributed by atoms with Crippen LogP contribution in [0.15, 0.2) is 30.5 Å². The van der Waals surface area contributed by atoms with E-state index in [1.54, 1.807) is 12.3 Å². The van der Waals surface area contributed by atoms with E-state index in [-0.39, 0.29) is 0 Å². The van der Waals surface area contributed by atoms with Crippen molar-refractivity contribution in [1.82, 2.24) is 9.97 Å². The van der Waals surface area contributed by atoms with E-state index in [1.165, 1.54) is 0 Å². The first-order chi connectivity index (χ1) is 10.1. The van der Waals surface area contributed by atoms with Gasteiger partial charge in [-0.3, -0.25) is 0 Å². The second kappa shape index (κ2) is 6.18. The van der Waals surface area contributed by atoms with Crippen LogP contribution in [-0.2, 0) is 0 Å². The van der Waals surface area contributed by atoms with Gasteiger partial charge in [0.15, 0.2) is 0 Å². The topological polar surface area (TPSA) is 55.0 Å². The third-order valence-electron chi connectivity index (χ3n) is 3.68. The monoisotopic (exact) mass is 322 g/mol. The van der Waals surface area contributed by atoms with Crippen LogP contribution >= 0.6 is 23.2 Å². The van der Waals surface area contributed by atoms with Gasteiger partial charge in [-0.25, -0.2) is 9.97 Å². The number of aromatic nitrogens is 2. The maximum atomic E-state index is 6.07. The average molecular weight is 323 g/mol. The molecule has 2 heterocycles. The number of hydrogen-bond donors (Lipinski definition) is 1. The normalized spacial score (nSPS) is 16.2. The van der Waals surface area contributed by atoms with Crippen LogP contribution in [0.3, 0.4) is 0 Å². The van der Waals surface area contributed by atoms with Crippen molar-refractivity contribution in [2.24, 2.45) is 5.73 Å². The Bertz CT molecular complexity index is 639. The van der Waals surface area contributed by atoms with Gasteiger partial charge in [-0.05, 0) is 31.0 Å². The van der Waals surface area contributed by atoms with Gasteiger partial charge in [0.2, 0.25) is 5.95 Å². The fraction of sp³-hybridized carbons (Fsp3) is 0.333. The van der Waals surface area contributed by atoms with E-state index in [0.717, 1.165) is 43.1 Å². The highest BCUT2D eigenvalue weighted by Crippen LogP contribution is 2.28. The van der Waals surface area contributed by atoms with Gasteiger partial charge >= 0.3 is 0 Å². The third kappa shape index (κ3) is 3.28.